The first kappa shape index (κ1) is 17.5. The second kappa shape index (κ2) is 7.77. The van der Waals surface area contributed by atoms with Crippen molar-refractivity contribution in [3.8, 4) is 0 Å². The van der Waals surface area contributed by atoms with Crippen molar-refractivity contribution in [2.24, 2.45) is 0 Å². The van der Waals surface area contributed by atoms with Crippen LogP contribution in [0.2, 0.25) is 0 Å². The lowest BCUT2D eigenvalue weighted by Gasteiger charge is -2.12. The maximum absolute atomic E-state index is 12.9. The molecule has 0 spiro atoms. The molecule has 0 saturated heterocycles. The van der Waals surface area contributed by atoms with Gasteiger partial charge in [0.15, 0.2) is 10.3 Å². The van der Waals surface area contributed by atoms with Crippen LogP contribution in [0.3, 0.4) is 0 Å². The van der Waals surface area contributed by atoms with E-state index in [1.165, 1.54) is 27.7 Å². The fourth-order valence-electron chi connectivity index (χ4n) is 2.53. The first-order valence-electron chi connectivity index (χ1n) is 8.05. The number of benzene rings is 1. The van der Waals surface area contributed by atoms with Crippen LogP contribution < -0.4 is 10.9 Å². The summed E-state index contributed by atoms with van der Waals surface area (Å²) in [6.07, 6.45) is 3.18. The standard InChI is InChI=1S/C18H14N4O3S2/c23-15(21-17-19-7-9-26-17)11-27-18-20-14-6-2-1-5-13(14)16(24)22(18)10-12-4-3-8-25-12/h1-9H,10-11H2,(H,19,21,23). The largest absolute Gasteiger partial charge is 0.467 e. The molecule has 3 aromatic heterocycles. The van der Waals surface area contributed by atoms with Gasteiger partial charge in [-0.3, -0.25) is 14.2 Å². The van der Waals surface area contributed by atoms with Crippen LogP contribution in [-0.2, 0) is 11.3 Å². The summed E-state index contributed by atoms with van der Waals surface area (Å²) in [6.45, 7) is 0.250. The van der Waals surface area contributed by atoms with E-state index in [1.54, 1.807) is 48.2 Å². The van der Waals surface area contributed by atoms with Crippen LogP contribution in [0.15, 0.2) is 68.6 Å². The van der Waals surface area contributed by atoms with Crippen molar-refractivity contribution >= 4 is 45.0 Å². The molecule has 0 aliphatic rings. The average Bonchev–Trinajstić information content (AvgIpc) is 3.37. The molecule has 4 aromatic rings. The van der Waals surface area contributed by atoms with Gasteiger partial charge in [-0.1, -0.05) is 23.9 Å². The number of rotatable bonds is 6. The second-order valence-electron chi connectivity index (χ2n) is 5.56. The Morgan fingerprint density at radius 3 is 2.93 bits per heavy atom. The summed E-state index contributed by atoms with van der Waals surface area (Å²) >= 11 is 2.55. The van der Waals surface area contributed by atoms with E-state index in [-0.39, 0.29) is 23.8 Å². The molecule has 1 amide bonds. The minimum atomic E-state index is -0.207. The third-order valence-corrected chi connectivity index (χ3v) is 5.40. The lowest BCUT2D eigenvalue weighted by Crippen LogP contribution is -2.24. The molecule has 136 valence electrons. The summed E-state index contributed by atoms with van der Waals surface area (Å²) in [5.74, 6) is 0.549. The van der Waals surface area contributed by atoms with Gasteiger partial charge in [0, 0.05) is 11.6 Å². The zero-order valence-corrected chi connectivity index (χ0v) is 15.6. The monoisotopic (exact) mass is 398 g/mol. The van der Waals surface area contributed by atoms with Crippen LogP contribution in [0.5, 0.6) is 0 Å². The quantitative estimate of drug-likeness (QED) is 0.396. The van der Waals surface area contributed by atoms with E-state index < -0.39 is 0 Å². The Morgan fingerprint density at radius 2 is 2.15 bits per heavy atom. The maximum Gasteiger partial charge on any atom is 0.262 e. The number of aromatic nitrogens is 3. The number of carbonyl (C=O) groups is 1. The van der Waals surface area contributed by atoms with Gasteiger partial charge in [0.05, 0.1) is 29.5 Å². The highest BCUT2D eigenvalue weighted by Crippen LogP contribution is 2.20. The van der Waals surface area contributed by atoms with Crippen LogP contribution in [0, 0.1) is 0 Å². The highest BCUT2D eigenvalue weighted by atomic mass is 32.2. The molecule has 0 atom stereocenters. The van der Waals surface area contributed by atoms with Crippen molar-refractivity contribution in [3.05, 3.63) is 70.4 Å². The number of nitrogens with one attached hydrogen (secondary N) is 1. The first-order chi connectivity index (χ1) is 13.2. The van der Waals surface area contributed by atoms with Gasteiger partial charge in [-0.15, -0.1) is 11.3 Å². The van der Waals surface area contributed by atoms with Crippen LogP contribution in [0.25, 0.3) is 10.9 Å². The Hall–Kier alpha value is -2.91. The number of carbonyl (C=O) groups excluding carboxylic acids is 1. The van der Waals surface area contributed by atoms with E-state index in [1.807, 2.05) is 6.07 Å². The number of anilines is 1. The number of amides is 1. The van der Waals surface area contributed by atoms with Crippen molar-refractivity contribution < 1.29 is 9.21 Å². The SMILES string of the molecule is O=C(CSc1nc2ccccc2c(=O)n1Cc1ccco1)Nc1nccs1. The highest BCUT2D eigenvalue weighted by molar-refractivity contribution is 7.99. The van der Waals surface area contributed by atoms with Gasteiger partial charge in [-0.05, 0) is 24.3 Å². The van der Waals surface area contributed by atoms with Gasteiger partial charge in [0.1, 0.15) is 5.76 Å². The minimum absolute atomic E-state index is 0.114. The molecule has 0 saturated carbocycles. The average molecular weight is 398 g/mol. The van der Waals surface area contributed by atoms with E-state index in [9.17, 15) is 9.59 Å². The number of hydrogen-bond donors (Lipinski definition) is 1. The van der Waals surface area contributed by atoms with Crippen LogP contribution in [0.4, 0.5) is 5.13 Å². The predicted molar refractivity (Wildman–Crippen MR) is 105 cm³/mol. The molecule has 1 aromatic carbocycles. The van der Waals surface area contributed by atoms with Gasteiger partial charge in [0.25, 0.3) is 5.56 Å². The molecule has 0 aliphatic carbocycles. The molecule has 0 aliphatic heterocycles. The molecule has 27 heavy (non-hydrogen) atoms. The van der Waals surface area contributed by atoms with Gasteiger partial charge in [0.2, 0.25) is 5.91 Å². The van der Waals surface area contributed by atoms with Crippen LogP contribution in [0.1, 0.15) is 5.76 Å². The Balaban J connectivity index is 1.63. The molecular weight excluding hydrogens is 384 g/mol. The van der Waals surface area contributed by atoms with Crippen molar-refractivity contribution in [2.45, 2.75) is 11.7 Å². The second-order valence-corrected chi connectivity index (χ2v) is 7.39. The molecule has 7 nitrogen and oxygen atoms in total. The van der Waals surface area contributed by atoms with E-state index >= 15 is 0 Å². The predicted octanol–water partition coefficient (Wildman–Crippen LogP) is 3.23. The third kappa shape index (κ3) is 3.93. The fraction of sp³-hybridized carbons (Fsp3) is 0.111. The van der Waals surface area contributed by atoms with Gasteiger partial charge in [-0.25, -0.2) is 9.97 Å². The lowest BCUT2D eigenvalue weighted by molar-refractivity contribution is -0.113. The smallest absolute Gasteiger partial charge is 0.262 e. The molecule has 0 bridgehead atoms. The van der Waals surface area contributed by atoms with E-state index in [4.69, 9.17) is 4.42 Å². The van der Waals surface area contributed by atoms with Crippen molar-refractivity contribution in [1.29, 1.82) is 0 Å². The summed E-state index contributed by atoms with van der Waals surface area (Å²) in [7, 11) is 0. The van der Waals surface area contributed by atoms with Crippen molar-refractivity contribution in [2.75, 3.05) is 11.1 Å². The third-order valence-electron chi connectivity index (χ3n) is 3.73. The molecule has 0 radical (unpaired) electrons. The number of fused-ring (bicyclic) bond motifs is 1. The summed E-state index contributed by atoms with van der Waals surface area (Å²) in [4.78, 5) is 33.7. The number of hydrogen-bond acceptors (Lipinski definition) is 7. The Bertz CT molecular complexity index is 1120. The number of thioether (sulfide) groups is 1. The lowest BCUT2D eigenvalue weighted by atomic mass is 10.2. The molecule has 4 rings (SSSR count). The maximum atomic E-state index is 12.9. The van der Waals surface area contributed by atoms with E-state index in [0.29, 0.717) is 27.0 Å². The van der Waals surface area contributed by atoms with Crippen LogP contribution in [-0.4, -0.2) is 26.2 Å². The molecule has 3 heterocycles. The zero-order chi connectivity index (χ0) is 18.6. The first-order valence-corrected chi connectivity index (χ1v) is 9.91. The fourth-order valence-corrected chi connectivity index (χ4v) is 3.87. The van der Waals surface area contributed by atoms with Crippen molar-refractivity contribution in [1.82, 2.24) is 14.5 Å². The number of para-hydroxylation sites is 1. The summed E-state index contributed by atoms with van der Waals surface area (Å²) in [6, 6.07) is 10.7. The van der Waals surface area contributed by atoms with E-state index in [0.717, 1.165) is 0 Å². The number of thiazole rings is 1. The Kier molecular flexibility index (Phi) is 5.03. The normalized spacial score (nSPS) is 11.0. The summed E-state index contributed by atoms with van der Waals surface area (Å²) in [5.41, 5.74) is 0.431. The summed E-state index contributed by atoms with van der Waals surface area (Å²) in [5, 5.41) is 6.04. The molecule has 1 N–H and O–H groups in total. The van der Waals surface area contributed by atoms with E-state index in [2.05, 4.69) is 15.3 Å². The molecule has 0 unspecified atom stereocenters. The minimum Gasteiger partial charge on any atom is -0.467 e. The van der Waals surface area contributed by atoms with Crippen LogP contribution >= 0.6 is 23.1 Å². The molecule has 9 heteroatoms. The molecule has 0 fully saturated rings. The topological polar surface area (TPSA) is 90.0 Å². The Morgan fingerprint density at radius 1 is 1.26 bits per heavy atom. The van der Waals surface area contributed by atoms with Gasteiger partial charge < -0.3 is 9.73 Å². The summed E-state index contributed by atoms with van der Waals surface area (Å²) < 4.78 is 6.90. The Labute approximate surface area is 162 Å². The zero-order valence-electron chi connectivity index (χ0n) is 14.0. The molecular formula is C18H14N4O3S2. The number of nitrogens with zero attached hydrogens (tertiary/aromatic N) is 3. The van der Waals surface area contributed by atoms with Crippen molar-refractivity contribution in [3.63, 3.8) is 0 Å². The number of furan rings is 1. The van der Waals surface area contributed by atoms with Gasteiger partial charge in [-0.2, -0.15) is 0 Å². The highest BCUT2D eigenvalue weighted by Gasteiger charge is 2.15. The van der Waals surface area contributed by atoms with Gasteiger partial charge >= 0.3 is 0 Å².